The minimum Gasteiger partial charge on any atom is -0.299 e. The molecule has 6 heteroatoms. The molecule has 0 N–H and O–H groups in total. The zero-order valence-corrected chi connectivity index (χ0v) is 70.1. The molecule has 96 heavy (non-hydrogen) atoms. The molecule has 6 unspecified atom stereocenters. The highest BCUT2D eigenvalue weighted by Gasteiger charge is 2.43. The SMILES string of the molecule is CC(C)(C)/C=C1\C/C(=C\C(C)(C)C)C1=O.CC(C)(C)/C=C1\CC/C(=C\C(C)(C)C)C1=O.CC(C)(C)/C=C1\CCC/C(=C\C(C)(C)C)C1=O.CC(C)(C)CC1CC(CC(C)(C)C)C1=O.CC(C)(C)CC1CCC(CC(C)(C)C)C1=O.CC(C)(C)CC1CCCC(CC(C)(C)C)C1=O. The van der Waals surface area contributed by atoms with Crippen molar-refractivity contribution in [2.24, 2.45) is 100 Å². The minimum absolute atomic E-state index is 0.0924. The van der Waals surface area contributed by atoms with Crippen LogP contribution in [0.3, 0.4) is 0 Å². The Bertz CT molecular complexity index is 2590. The van der Waals surface area contributed by atoms with Gasteiger partial charge in [-0.05, 0) is 190 Å². The highest BCUT2D eigenvalue weighted by atomic mass is 16.1. The molecule has 6 saturated carbocycles. The topological polar surface area (TPSA) is 102 Å². The summed E-state index contributed by atoms with van der Waals surface area (Å²) in [6.45, 7) is 78.6. The van der Waals surface area contributed by atoms with Crippen LogP contribution in [0.15, 0.2) is 69.9 Å². The lowest BCUT2D eigenvalue weighted by atomic mass is 9.63. The van der Waals surface area contributed by atoms with Crippen molar-refractivity contribution >= 4 is 34.7 Å². The Balaban J connectivity index is 0.000000576. The van der Waals surface area contributed by atoms with Gasteiger partial charge in [0.25, 0.3) is 0 Å². The van der Waals surface area contributed by atoms with Crippen LogP contribution < -0.4 is 0 Å². The number of carbonyl (C=O) groups is 6. The van der Waals surface area contributed by atoms with E-state index in [1.807, 2.05) is 0 Å². The van der Waals surface area contributed by atoms with Crippen molar-refractivity contribution < 1.29 is 28.8 Å². The van der Waals surface area contributed by atoms with E-state index in [9.17, 15) is 28.8 Å². The van der Waals surface area contributed by atoms with Gasteiger partial charge in [0, 0.05) is 53.1 Å². The second kappa shape index (κ2) is 34.9. The van der Waals surface area contributed by atoms with Crippen LogP contribution in [0.5, 0.6) is 0 Å². The molecule has 0 aromatic carbocycles. The molecule has 6 aliphatic carbocycles. The van der Waals surface area contributed by atoms with Gasteiger partial charge >= 0.3 is 0 Å². The van der Waals surface area contributed by atoms with Crippen LogP contribution in [0.4, 0.5) is 0 Å². The Hall–Kier alpha value is -3.54. The van der Waals surface area contributed by atoms with Gasteiger partial charge in [-0.3, -0.25) is 28.8 Å². The van der Waals surface area contributed by atoms with Crippen LogP contribution >= 0.6 is 0 Å². The zero-order valence-electron chi connectivity index (χ0n) is 70.1. The first-order chi connectivity index (χ1) is 42.5. The van der Waals surface area contributed by atoms with E-state index < -0.39 is 0 Å². The first kappa shape index (κ1) is 90.5. The molecule has 0 aromatic rings. The lowest BCUT2D eigenvalue weighted by Gasteiger charge is -2.40. The van der Waals surface area contributed by atoms with Gasteiger partial charge in [-0.1, -0.05) is 292 Å². The van der Waals surface area contributed by atoms with Crippen molar-refractivity contribution in [2.45, 2.75) is 365 Å². The Labute approximate surface area is 595 Å². The van der Waals surface area contributed by atoms with E-state index in [-0.39, 0.29) is 71.5 Å². The summed E-state index contributed by atoms with van der Waals surface area (Å²) in [6.07, 6.45) is 31.6. The lowest BCUT2D eigenvalue weighted by molar-refractivity contribution is -0.139. The fourth-order valence-electron chi connectivity index (χ4n) is 14.6. The highest BCUT2D eigenvalue weighted by molar-refractivity contribution is 6.16. The molecule has 0 radical (unpaired) electrons. The Morgan fingerprint density at radius 2 is 0.427 bits per heavy atom. The second-order valence-corrected chi connectivity index (χ2v) is 44.5. The van der Waals surface area contributed by atoms with Gasteiger partial charge in [0.2, 0.25) is 0 Å². The molecule has 0 amide bonds. The molecular formula is C90H156O6. The van der Waals surface area contributed by atoms with E-state index in [0.717, 1.165) is 143 Å². The van der Waals surface area contributed by atoms with E-state index in [4.69, 9.17) is 0 Å². The van der Waals surface area contributed by atoms with Crippen molar-refractivity contribution in [3.05, 3.63) is 69.9 Å². The normalized spacial score (nSPS) is 25.5. The number of hydrogen-bond acceptors (Lipinski definition) is 6. The van der Waals surface area contributed by atoms with Crippen molar-refractivity contribution in [1.29, 1.82) is 0 Å². The molecule has 0 heterocycles. The summed E-state index contributed by atoms with van der Waals surface area (Å²) in [6, 6.07) is 0. The first-order valence-corrected chi connectivity index (χ1v) is 38.1. The third-order valence-corrected chi connectivity index (χ3v) is 17.4. The summed E-state index contributed by atoms with van der Waals surface area (Å²) in [4.78, 5) is 72.9. The van der Waals surface area contributed by atoms with Crippen LogP contribution in [0.1, 0.15) is 365 Å². The molecule has 0 bridgehead atoms. The molecule has 6 fully saturated rings. The van der Waals surface area contributed by atoms with Gasteiger partial charge in [0.1, 0.15) is 17.3 Å². The van der Waals surface area contributed by atoms with E-state index in [2.05, 4.69) is 286 Å². The number of Topliss-reactive ketones (excluding diaryl/α,β-unsaturated/α-hetero) is 6. The summed E-state index contributed by atoms with van der Waals surface area (Å²) in [5.41, 5.74) is 8.34. The van der Waals surface area contributed by atoms with Crippen molar-refractivity contribution in [3.8, 4) is 0 Å². The molecular weight excluding hydrogens is 1180 g/mol. The van der Waals surface area contributed by atoms with E-state index >= 15 is 0 Å². The standard InChI is InChI=1S/C16H30O.C16H26O.C15H28O.C15H24O.C14H26O.C14H22O/c2*1-15(2,3)10-12-8-7-9-13(14(12)17)11-16(4,5)6;2*1-14(2,3)9-11-7-8-12(13(11)16)10-15(4,5)6;2*1-13(2,3)8-10-7-11(12(10)15)9-14(4,5)6/h12-13H,7-11H2,1-6H3;10-11H,7-9H2,1-6H3;11-12H,7-10H2,1-6H3;9-10H,7-8H2,1-6H3;10-11H,7-9H2,1-6H3;8-9H,7H2,1-6H3/b;12-10+,13-11+;;11-9+,12-10+;;10-8+,11-9+. The third kappa shape index (κ3) is 40.0. The fraction of sp³-hybridized carbons (Fsp3) is 0.800. The molecule has 0 spiro atoms. The average molecular weight is 1330 g/mol. The van der Waals surface area contributed by atoms with Gasteiger partial charge in [-0.2, -0.15) is 0 Å². The van der Waals surface area contributed by atoms with Crippen LogP contribution in [-0.2, 0) is 28.8 Å². The van der Waals surface area contributed by atoms with Gasteiger partial charge in [-0.15, -0.1) is 0 Å². The Morgan fingerprint density at radius 3 is 0.635 bits per heavy atom. The minimum atomic E-state index is 0.0924. The first-order valence-electron chi connectivity index (χ1n) is 38.1. The second-order valence-electron chi connectivity index (χ2n) is 44.5. The number of ketones is 6. The summed E-state index contributed by atoms with van der Waals surface area (Å²) < 4.78 is 0. The average Bonchev–Trinajstić information content (AvgIpc) is 1.17. The van der Waals surface area contributed by atoms with Crippen LogP contribution in [0.2, 0.25) is 0 Å². The molecule has 6 aliphatic rings. The van der Waals surface area contributed by atoms with Crippen LogP contribution in [0, 0.1) is 100 Å². The smallest absolute Gasteiger partial charge is 0.185 e. The predicted octanol–water partition coefficient (Wildman–Crippen LogP) is 26.2. The maximum absolute atomic E-state index is 12.5. The number of carbonyl (C=O) groups excluding carboxylic acids is 6. The number of hydrogen-bond donors (Lipinski definition) is 0. The highest BCUT2D eigenvalue weighted by Crippen LogP contribution is 2.45. The molecule has 6 atom stereocenters. The van der Waals surface area contributed by atoms with Crippen molar-refractivity contribution in [2.75, 3.05) is 0 Å². The maximum atomic E-state index is 12.5. The van der Waals surface area contributed by atoms with E-state index in [1.54, 1.807) is 0 Å². The summed E-state index contributed by atoms with van der Waals surface area (Å²) in [5.74, 6) is 4.48. The Morgan fingerprint density at radius 1 is 0.240 bits per heavy atom. The van der Waals surface area contributed by atoms with Gasteiger partial charge < -0.3 is 0 Å². The molecule has 6 nitrogen and oxygen atoms in total. The van der Waals surface area contributed by atoms with Crippen LogP contribution in [-0.4, -0.2) is 34.7 Å². The Kier molecular flexibility index (Phi) is 32.9. The lowest BCUT2D eigenvalue weighted by Crippen LogP contribution is -2.41. The summed E-state index contributed by atoms with van der Waals surface area (Å²) >= 11 is 0. The molecule has 552 valence electrons. The van der Waals surface area contributed by atoms with Gasteiger partial charge in [-0.25, -0.2) is 0 Å². The van der Waals surface area contributed by atoms with Gasteiger partial charge in [0.05, 0.1) is 0 Å². The molecule has 0 aliphatic heterocycles. The molecule has 6 rings (SSSR count). The summed E-state index contributed by atoms with van der Waals surface area (Å²) in [7, 11) is 0. The van der Waals surface area contributed by atoms with E-state index in [1.165, 1.54) is 6.42 Å². The van der Waals surface area contributed by atoms with Crippen LogP contribution in [0.25, 0.3) is 0 Å². The van der Waals surface area contributed by atoms with E-state index in [0.29, 0.717) is 63.7 Å². The molecule has 0 aromatic heterocycles. The monoisotopic (exact) mass is 1330 g/mol. The molecule has 0 saturated heterocycles. The zero-order chi connectivity index (χ0) is 75.4. The van der Waals surface area contributed by atoms with Gasteiger partial charge in [0.15, 0.2) is 17.3 Å². The quantitative estimate of drug-likeness (QED) is 0.246. The number of allylic oxidation sites excluding steroid dienone is 12. The largest absolute Gasteiger partial charge is 0.299 e. The fourth-order valence-corrected chi connectivity index (χ4v) is 14.6. The van der Waals surface area contributed by atoms with Crippen molar-refractivity contribution in [1.82, 2.24) is 0 Å². The van der Waals surface area contributed by atoms with Crippen molar-refractivity contribution in [3.63, 3.8) is 0 Å². The summed E-state index contributed by atoms with van der Waals surface area (Å²) in [5, 5.41) is 0. The third-order valence-electron chi connectivity index (χ3n) is 17.4. The maximum Gasteiger partial charge on any atom is 0.185 e. The number of rotatable bonds is 6. The predicted molar refractivity (Wildman–Crippen MR) is 416 cm³/mol.